The molecule has 1 unspecified atom stereocenters. The molecule has 1 rings (SSSR count). The third kappa shape index (κ3) is 4.55. The lowest BCUT2D eigenvalue weighted by Crippen LogP contribution is -2.32. The number of carbonyl (C=O) groups is 2. The highest BCUT2D eigenvalue weighted by Gasteiger charge is 2.07. The minimum atomic E-state index is -0.972. The number of nitrogens with one attached hydrogen (secondary N) is 1. The topological polar surface area (TPSA) is 75.6 Å². The van der Waals surface area contributed by atoms with Crippen molar-refractivity contribution in [3.8, 4) is 0 Å². The monoisotopic (exact) mass is 251 g/mol. The van der Waals surface area contributed by atoms with Gasteiger partial charge >= 0.3 is 5.97 Å². The van der Waals surface area contributed by atoms with Crippen LogP contribution < -0.4 is 5.32 Å². The fourth-order valence-electron chi connectivity index (χ4n) is 1.35. The Kier molecular flexibility index (Phi) is 5.32. The van der Waals surface area contributed by atoms with Crippen molar-refractivity contribution in [2.45, 2.75) is 19.4 Å². The van der Waals surface area contributed by atoms with Crippen LogP contribution in [-0.4, -0.2) is 36.7 Å². The number of rotatable bonds is 6. The van der Waals surface area contributed by atoms with E-state index in [0.29, 0.717) is 6.54 Å². The Balaban J connectivity index is 2.47. The first-order valence-electron chi connectivity index (χ1n) is 5.64. The number of amides is 1. The van der Waals surface area contributed by atoms with E-state index in [-0.39, 0.29) is 24.0 Å². The van der Waals surface area contributed by atoms with Crippen molar-refractivity contribution in [2.24, 2.45) is 0 Å². The second-order valence-electron chi connectivity index (χ2n) is 4.03. The molecule has 5 nitrogen and oxygen atoms in total. The summed E-state index contributed by atoms with van der Waals surface area (Å²) >= 11 is 0. The average Bonchev–Trinajstić information content (AvgIpc) is 2.36. The van der Waals surface area contributed by atoms with Crippen LogP contribution in [0.1, 0.15) is 22.8 Å². The fraction of sp³-hybridized carbons (Fsp3) is 0.385. The fourth-order valence-corrected chi connectivity index (χ4v) is 1.35. The standard InChI is InChI=1S/C13H17NO4/c1-9(18-2)8-14-12(15)7-10-3-5-11(6-4-10)13(16)17/h3-6,9H,7-8H2,1-2H3,(H,14,15)(H,16,17). The lowest BCUT2D eigenvalue weighted by atomic mass is 10.1. The van der Waals surface area contributed by atoms with Crippen LogP contribution in [0.2, 0.25) is 0 Å². The van der Waals surface area contributed by atoms with E-state index in [1.54, 1.807) is 19.2 Å². The first-order chi connectivity index (χ1) is 8.52. The van der Waals surface area contributed by atoms with Gasteiger partial charge in [0.05, 0.1) is 18.1 Å². The molecule has 1 aromatic carbocycles. The number of hydrogen-bond donors (Lipinski definition) is 2. The maximum absolute atomic E-state index is 11.6. The van der Waals surface area contributed by atoms with Crippen LogP contribution in [0.15, 0.2) is 24.3 Å². The van der Waals surface area contributed by atoms with Crippen molar-refractivity contribution in [3.05, 3.63) is 35.4 Å². The Morgan fingerprint density at radius 2 is 1.94 bits per heavy atom. The Morgan fingerprint density at radius 3 is 2.44 bits per heavy atom. The van der Waals surface area contributed by atoms with Gasteiger partial charge in [-0.2, -0.15) is 0 Å². The number of carboxylic acid groups (broad SMARTS) is 1. The molecule has 0 aromatic heterocycles. The van der Waals surface area contributed by atoms with Crippen LogP contribution in [-0.2, 0) is 16.0 Å². The number of methoxy groups -OCH3 is 1. The molecule has 1 aromatic rings. The predicted molar refractivity (Wildman–Crippen MR) is 66.6 cm³/mol. The molecule has 0 saturated heterocycles. The van der Waals surface area contributed by atoms with E-state index in [4.69, 9.17) is 9.84 Å². The second kappa shape index (κ2) is 6.76. The molecule has 0 heterocycles. The largest absolute Gasteiger partial charge is 0.478 e. The van der Waals surface area contributed by atoms with Crippen molar-refractivity contribution in [2.75, 3.05) is 13.7 Å². The van der Waals surface area contributed by atoms with Gasteiger partial charge in [-0.1, -0.05) is 12.1 Å². The third-order valence-corrected chi connectivity index (χ3v) is 2.55. The number of aromatic carboxylic acids is 1. The maximum Gasteiger partial charge on any atom is 0.335 e. The molecule has 1 atom stereocenters. The number of carbonyl (C=O) groups excluding carboxylic acids is 1. The first kappa shape index (κ1) is 14.2. The lowest BCUT2D eigenvalue weighted by Gasteiger charge is -2.10. The molecule has 1 amide bonds. The Hall–Kier alpha value is -1.88. The molecular formula is C13H17NO4. The van der Waals surface area contributed by atoms with Crippen LogP contribution in [0.4, 0.5) is 0 Å². The van der Waals surface area contributed by atoms with E-state index in [1.165, 1.54) is 12.1 Å². The smallest absolute Gasteiger partial charge is 0.335 e. The van der Waals surface area contributed by atoms with Gasteiger partial charge in [0, 0.05) is 13.7 Å². The van der Waals surface area contributed by atoms with Gasteiger partial charge in [-0.3, -0.25) is 4.79 Å². The quantitative estimate of drug-likeness (QED) is 0.793. The zero-order valence-corrected chi connectivity index (χ0v) is 10.5. The molecule has 0 radical (unpaired) electrons. The summed E-state index contributed by atoms with van der Waals surface area (Å²) in [6, 6.07) is 6.26. The summed E-state index contributed by atoms with van der Waals surface area (Å²) in [4.78, 5) is 22.2. The van der Waals surface area contributed by atoms with E-state index < -0.39 is 5.97 Å². The predicted octanol–water partition coefficient (Wildman–Crippen LogP) is 1.08. The summed E-state index contributed by atoms with van der Waals surface area (Å²) in [5.74, 6) is -1.08. The summed E-state index contributed by atoms with van der Waals surface area (Å²) in [5, 5.41) is 11.5. The zero-order chi connectivity index (χ0) is 13.5. The van der Waals surface area contributed by atoms with Crippen molar-refractivity contribution in [1.82, 2.24) is 5.32 Å². The molecule has 0 bridgehead atoms. The van der Waals surface area contributed by atoms with Gasteiger partial charge in [-0.15, -0.1) is 0 Å². The summed E-state index contributed by atoms with van der Waals surface area (Å²) in [6.45, 7) is 2.32. The highest BCUT2D eigenvalue weighted by Crippen LogP contribution is 2.05. The van der Waals surface area contributed by atoms with Crippen molar-refractivity contribution in [3.63, 3.8) is 0 Å². The summed E-state index contributed by atoms with van der Waals surface area (Å²) in [6.07, 6.45) is 0.208. The average molecular weight is 251 g/mol. The molecule has 0 spiro atoms. The van der Waals surface area contributed by atoms with Gasteiger partial charge in [-0.25, -0.2) is 4.79 Å². The molecule has 98 valence electrons. The molecule has 0 aliphatic heterocycles. The molecule has 2 N–H and O–H groups in total. The van der Waals surface area contributed by atoms with Gasteiger partial charge in [0.15, 0.2) is 0 Å². The van der Waals surface area contributed by atoms with E-state index in [0.717, 1.165) is 5.56 Å². The third-order valence-electron chi connectivity index (χ3n) is 2.55. The number of hydrogen-bond acceptors (Lipinski definition) is 3. The van der Waals surface area contributed by atoms with Crippen LogP contribution in [0.25, 0.3) is 0 Å². The van der Waals surface area contributed by atoms with E-state index in [2.05, 4.69) is 5.32 Å². The SMILES string of the molecule is COC(C)CNC(=O)Cc1ccc(C(=O)O)cc1. The van der Waals surface area contributed by atoms with Gasteiger partial charge in [0.2, 0.25) is 5.91 Å². The van der Waals surface area contributed by atoms with Crippen LogP contribution in [0, 0.1) is 0 Å². The number of ether oxygens (including phenoxy) is 1. The Morgan fingerprint density at radius 1 is 1.33 bits per heavy atom. The molecule has 5 heteroatoms. The minimum Gasteiger partial charge on any atom is -0.478 e. The molecule has 0 aliphatic carbocycles. The zero-order valence-electron chi connectivity index (χ0n) is 10.5. The van der Waals surface area contributed by atoms with Crippen molar-refractivity contribution < 1.29 is 19.4 Å². The minimum absolute atomic E-state index is 0.0247. The summed E-state index contributed by atoms with van der Waals surface area (Å²) in [7, 11) is 1.58. The maximum atomic E-state index is 11.6. The molecule has 0 aliphatic rings. The summed E-state index contributed by atoms with van der Waals surface area (Å²) < 4.78 is 5.01. The van der Waals surface area contributed by atoms with Gasteiger partial charge in [0.25, 0.3) is 0 Å². The van der Waals surface area contributed by atoms with Gasteiger partial charge in [-0.05, 0) is 24.6 Å². The first-order valence-corrected chi connectivity index (χ1v) is 5.64. The Bertz CT molecular complexity index is 414. The highest BCUT2D eigenvalue weighted by molar-refractivity contribution is 5.87. The summed E-state index contributed by atoms with van der Waals surface area (Å²) in [5.41, 5.74) is 0.995. The highest BCUT2D eigenvalue weighted by atomic mass is 16.5. The Labute approximate surface area is 106 Å². The van der Waals surface area contributed by atoms with Gasteiger partial charge in [0.1, 0.15) is 0 Å². The molecule has 18 heavy (non-hydrogen) atoms. The van der Waals surface area contributed by atoms with E-state index in [1.807, 2.05) is 6.92 Å². The van der Waals surface area contributed by atoms with Crippen molar-refractivity contribution >= 4 is 11.9 Å². The lowest BCUT2D eigenvalue weighted by molar-refractivity contribution is -0.120. The van der Waals surface area contributed by atoms with E-state index >= 15 is 0 Å². The number of carboxylic acids is 1. The molecule has 0 fully saturated rings. The normalized spacial score (nSPS) is 11.9. The van der Waals surface area contributed by atoms with Crippen LogP contribution in [0.5, 0.6) is 0 Å². The van der Waals surface area contributed by atoms with E-state index in [9.17, 15) is 9.59 Å². The van der Waals surface area contributed by atoms with Crippen LogP contribution >= 0.6 is 0 Å². The van der Waals surface area contributed by atoms with Crippen LogP contribution in [0.3, 0.4) is 0 Å². The number of benzene rings is 1. The molecular weight excluding hydrogens is 234 g/mol. The van der Waals surface area contributed by atoms with Gasteiger partial charge < -0.3 is 15.2 Å². The molecule has 0 saturated carbocycles. The van der Waals surface area contributed by atoms with Crippen molar-refractivity contribution in [1.29, 1.82) is 0 Å². The second-order valence-corrected chi connectivity index (χ2v) is 4.03.